The highest BCUT2D eigenvalue weighted by molar-refractivity contribution is 6.07. The van der Waals surface area contributed by atoms with Crippen molar-refractivity contribution >= 4 is 17.9 Å². The number of hydrogen-bond acceptors (Lipinski definition) is 6. The van der Waals surface area contributed by atoms with Gasteiger partial charge in [-0.2, -0.15) is 0 Å². The zero-order valence-electron chi connectivity index (χ0n) is 34.4. The van der Waals surface area contributed by atoms with Gasteiger partial charge in [-0.3, -0.25) is 0 Å². The molecule has 0 radical (unpaired) electrons. The van der Waals surface area contributed by atoms with E-state index in [4.69, 9.17) is 14.2 Å². The fourth-order valence-electron chi connectivity index (χ4n) is 6.84. The predicted octanol–water partition coefficient (Wildman–Crippen LogP) is 14.1. The van der Waals surface area contributed by atoms with Crippen molar-refractivity contribution in [2.75, 3.05) is 19.8 Å². The summed E-state index contributed by atoms with van der Waals surface area (Å²) in [7, 11) is 0. The molecule has 0 heterocycles. The second kappa shape index (κ2) is 34.4. The second-order valence-electron chi connectivity index (χ2n) is 15.0. The summed E-state index contributed by atoms with van der Waals surface area (Å²) in [5, 5.41) is 0. The summed E-state index contributed by atoms with van der Waals surface area (Å²) in [4.78, 5) is 41.0. The largest absolute Gasteiger partial charge is 0.462 e. The van der Waals surface area contributed by atoms with Crippen molar-refractivity contribution in [1.82, 2.24) is 0 Å². The van der Waals surface area contributed by atoms with Gasteiger partial charge in [-0.25, -0.2) is 14.4 Å². The van der Waals surface area contributed by atoms with Crippen molar-refractivity contribution in [1.29, 1.82) is 0 Å². The Bertz CT molecular complexity index is 1030. The minimum absolute atomic E-state index is 0.194. The van der Waals surface area contributed by atoms with Crippen molar-refractivity contribution in [3.63, 3.8) is 0 Å². The molecule has 1 aromatic rings. The first-order valence-electron chi connectivity index (χ1n) is 22.2. The van der Waals surface area contributed by atoms with Crippen LogP contribution in [0.4, 0.5) is 0 Å². The molecule has 0 N–H and O–H groups in total. The summed E-state index contributed by atoms with van der Waals surface area (Å²) in [6.45, 7) is 9.81. The number of carbonyl (C=O) groups excluding carboxylic acids is 3. The zero-order chi connectivity index (χ0) is 37.9. The molecule has 0 saturated carbocycles. The molecule has 0 bridgehead atoms. The van der Waals surface area contributed by atoms with E-state index in [-0.39, 0.29) is 11.1 Å². The first kappa shape index (κ1) is 47.7. The van der Waals surface area contributed by atoms with E-state index in [9.17, 15) is 14.4 Å². The van der Waals surface area contributed by atoms with Gasteiger partial charge < -0.3 is 14.2 Å². The molecule has 6 nitrogen and oxygen atoms in total. The van der Waals surface area contributed by atoms with Crippen LogP contribution in [0, 0.1) is 0 Å². The van der Waals surface area contributed by atoms with E-state index in [1.165, 1.54) is 109 Å². The predicted molar refractivity (Wildman–Crippen MR) is 218 cm³/mol. The fourth-order valence-corrected chi connectivity index (χ4v) is 6.84. The molecule has 0 atom stereocenters. The van der Waals surface area contributed by atoms with Gasteiger partial charge in [0.25, 0.3) is 0 Å². The Hall–Kier alpha value is -2.37. The summed E-state index contributed by atoms with van der Waals surface area (Å²) in [5.41, 5.74) is 1.34. The summed E-state index contributed by atoms with van der Waals surface area (Å²) in [6.07, 6.45) is 33.4. The van der Waals surface area contributed by atoms with Gasteiger partial charge in [-0.05, 0) is 49.8 Å². The molecule has 0 fully saturated rings. The van der Waals surface area contributed by atoms with Crippen LogP contribution < -0.4 is 0 Å². The molecule has 0 unspecified atom stereocenters. The maximum atomic E-state index is 13.9. The van der Waals surface area contributed by atoms with Gasteiger partial charge in [0, 0.05) is 0 Å². The van der Waals surface area contributed by atoms with Crippen molar-refractivity contribution in [2.45, 2.75) is 220 Å². The normalized spacial score (nSPS) is 11.2. The van der Waals surface area contributed by atoms with Crippen molar-refractivity contribution in [3.8, 4) is 0 Å². The van der Waals surface area contributed by atoms with E-state index >= 15 is 0 Å². The lowest BCUT2D eigenvalue weighted by atomic mass is 9.91. The smallest absolute Gasteiger partial charge is 0.339 e. The molecule has 0 aliphatic rings. The lowest BCUT2D eigenvalue weighted by Gasteiger charge is -2.18. The Balaban J connectivity index is 3.11. The molecule has 52 heavy (non-hydrogen) atoms. The van der Waals surface area contributed by atoms with E-state index in [2.05, 4.69) is 27.7 Å². The van der Waals surface area contributed by atoms with Crippen LogP contribution in [-0.2, 0) is 20.6 Å². The van der Waals surface area contributed by atoms with Crippen LogP contribution in [0.2, 0.25) is 0 Å². The molecular weight excluding hydrogens is 649 g/mol. The molecule has 6 heteroatoms. The van der Waals surface area contributed by atoms with Gasteiger partial charge in [-0.15, -0.1) is 0 Å². The highest BCUT2D eigenvalue weighted by Crippen LogP contribution is 2.26. The number of carbonyl (C=O) groups is 3. The number of benzene rings is 1. The summed E-state index contributed by atoms with van der Waals surface area (Å²) in [5.74, 6) is -1.49. The van der Waals surface area contributed by atoms with Crippen LogP contribution in [0.5, 0.6) is 0 Å². The van der Waals surface area contributed by atoms with Crippen molar-refractivity contribution in [3.05, 3.63) is 34.4 Å². The number of esters is 3. The van der Waals surface area contributed by atoms with Gasteiger partial charge in [0.15, 0.2) is 0 Å². The minimum Gasteiger partial charge on any atom is -0.462 e. The van der Waals surface area contributed by atoms with Crippen molar-refractivity contribution in [2.24, 2.45) is 0 Å². The third-order valence-corrected chi connectivity index (χ3v) is 10.2. The number of unbranched alkanes of at least 4 members (excludes halogenated alkanes) is 25. The molecule has 0 aliphatic heterocycles. The van der Waals surface area contributed by atoms with E-state index < -0.39 is 17.9 Å². The third kappa shape index (κ3) is 23.3. The summed E-state index contributed by atoms with van der Waals surface area (Å²) < 4.78 is 17.3. The van der Waals surface area contributed by atoms with Crippen LogP contribution >= 0.6 is 0 Å². The number of rotatable bonds is 36. The van der Waals surface area contributed by atoms with E-state index in [0.717, 1.165) is 77.0 Å². The monoisotopic (exact) mass is 729 g/mol. The average molecular weight is 729 g/mol. The highest BCUT2D eigenvalue weighted by atomic mass is 16.5. The quantitative estimate of drug-likeness (QED) is 0.0389. The molecule has 1 aromatic carbocycles. The molecule has 0 aromatic heterocycles. The number of ether oxygens (including phenoxy) is 3. The molecular formula is C46H80O6. The van der Waals surface area contributed by atoms with Crippen LogP contribution in [0.1, 0.15) is 251 Å². The Morgan fingerprint density at radius 2 is 0.654 bits per heavy atom. The standard InChI is InChI=1S/C46H80O6/c1-5-9-13-17-21-22-23-24-25-26-30-34-40-41(44(47)50-37-31-27-18-14-10-6-2)35-36-42(45(48)51-38-32-28-19-15-11-7-3)43(40)46(49)52-39-33-29-20-16-12-8-4/h35-36H,5-34,37-39H2,1-4H3. The Morgan fingerprint density at radius 1 is 0.365 bits per heavy atom. The molecule has 0 saturated heterocycles. The SMILES string of the molecule is CCCCCCCCCCCCCc1c(C(=O)OCCCCCCCC)ccc(C(=O)OCCCCCCCC)c1C(=O)OCCCCCCCC. The van der Waals surface area contributed by atoms with Crippen LogP contribution in [0.25, 0.3) is 0 Å². The average Bonchev–Trinajstić information content (AvgIpc) is 3.15. The van der Waals surface area contributed by atoms with Gasteiger partial charge in [0.2, 0.25) is 0 Å². The van der Waals surface area contributed by atoms with Crippen LogP contribution in [0.15, 0.2) is 12.1 Å². The highest BCUT2D eigenvalue weighted by Gasteiger charge is 2.28. The van der Waals surface area contributed by atoms with Crippen molar-refractivity contribution < 1.29 is 28.6 Å². The Morgan fingerprint density at radius 3 is 1.04 bits per heavy atom. The van der Waals surface area contributed by atoms with Gasteiger partial charge >= 0.3 is 17.9 Å². The second-order valence-corrected chi connectivity index (χ2v) is 15.0. The van der Waals surface area contributed by atoms with E-state index in [1.807, 2.05) is 0 Å². The lowest BCUT2D eigenvalue weighted by Crippen LogP contribution is -2.21. The molecule has 0 amide bonds. The zero-order valence-corrected chi connectivity index (χ0v) is 34.4. The van der Waals surface area contributed by atoms with Crippen LogP contribution in [-0.4, -0.2) is 37.7 Å². The Labute approximate surface area is 320 Å². The topological polar surface area (TPSA) is 78.9 Å². The first-order valence-corrected chi connectivity index (χ1v) is 22.2. The first-order chi connectivity index (χ1) is 25.5. The van der Waals surface area contributed by atoms with E-state index in [0.29, 0.717) is 37.4 Å². The Kier molecular flexibility index (Phi) is 31.5. The fraction of sp³-hybridized carbons (Fsp3) is 0.804. The van der Waals surface area contributed by atoms with Gasteiger partial charge in [-0.1, -0.05) is 188 Å². The molecule has 300 valence electrons. The summed E-state index contributed by atoms with van der Waals surface area (Å²) in [6, 6.07) is 3.25. The van der Waals surface area contributed by atoms with Crippen LogP contribution in [0.3, 0.4) is 0 Å². The third-order valence-electron chi connectivity index (χ3n) is 10.2. The lowest BCUT2D eigenvalue weighted by molar-refractivity contribution is 0.0446. The molecule has 0 aliphatic carbocycles. The molecule has 1 rings (SSSR count). The maximum Gasteiger partial charge on any atom is 0.339 e. The van der Waals surface area contributed by atoms with Gasteiger partial charge in [0.1, 0.15) is 0 Å². The van der Waals surface area contributed by atoms with E-state index in [1.54, 1.807) is 12.1 Å². The van der Waals surface area contributed by atoms with Gasteiger partial charge in [0.05, 0.1) is 36.5 Å². The minimum atomic E-state index is -0.538. The molecule has 0 spiro atoms. The summed E-state index contributed by atoms with van der Waals surface area (Å²) >= 11 is 0. The maximum absolute atomic E-state index is 13.9. The number of hydrogen-bond donors (Lipinski definition) is 0.